The molecule has 0 aliphatic heterocycles. The molecule has 1 heterocycles. The van der Waals surface area contributed by atoms with Crippen molar-refractivity contribution >= 4 is 38.8 Å². The highest BCUT2D eigenvalue weighted by Crippen LogP contribution is 2.28. The van der Waals surface area contributed by atoms with Crippen molar-refractivity contribution in [2.45, 2.75) is 0 Å². The highest BCUT2D eigenvalue weighted by Gasteiger charge is 2.12. The van der Waals surface area contributed by atoms with Gasteiger partial charge in [-0.2, -0.15) is 0 Å². The zero-order valence-electron chi connectivity index (χ0n) is 7.36. The van der Waals surface area contributed by atoms with Crippen LogP contribution in [0.1, 0.15) is 10.4 Å². The maximum Gasteiger partial charge on any atom is 0.270 e. The Balaban J connectivity index is 2.78. The smallest absolute Gasteiger partial charge is 0.270 e. The van der Waals surface area contributed by atoms with Crippen molar-refractivity contribution in [3.63, 3.8) is 0 Å². The summed E-state index contributed by atoms with van der Waals surface area (Å²) in [5, 5.41) is 11.1. The molecule has 2 aromatic rings. The molecule has 0 fully saturated rings. The first kappa shape index (κ1) is 9.85. The number of aldehydes is 1. The summed E-state index contributed by atoms with van der Waals surface area (Å²) in [6, 6.07) is 4.34. The summed E-state index contributed by atoms with van der Waals surface area (Å²) < 4.78 is 0.535. The second kappa shape index (κ2) is 3.47. The number of nitro benzene ring substituents is 1. The van der Waals surface area contributed by atoms with E-state index >= 15 is 0 Å². The number of nitrogens with one attached hydrogen (secondary N) is 1. The zero-order valence-corrected chi connectivity index (χ0v) is 8.95. The highest BCUT2D eigenvalue weighted by atomic mass is 79.9. The van der Waals surface area contributed by atoms with Crippen molar-refractivity contribution in [3.8, 4) is 0 Å². The Morgan fingerprint density at radius 2 is 2.20 bits per heavy atom. The molecule has 0 atom stereocenters. The van der Waals surface area contributed by atoms with Crippen molar-refractivity contribution in [1.29, 1.82) is 0 Å². The number of rotatable bonds is 2. The molecule has 0 amide bonds. The van der Waals surface area contributed by atoms with Gasteiger partial charge in [-0.3, -0.25) is 14.9 Å². The third-order valence-electron chi connectivity index (χ3n) is 2.10. The number of carbonyl (C=O) groups excluding carboxylic acids is 1. The fraction of sp³-hybridized carbons (Fsp3) is 0. The summed E-state index contributed by atoms with van der Waals surface area (Å²) in [5.74, 6) is 0. The lowest BCUT2D eigenvalue weighted by Gasteiger charge is -1.92. The summed E-state index contributed by atoms with van der Waals surface area (Å²) >= 11 is 3.17. The molecule has 1 aromatic heterocycles. The molecule has 0 saturated heterocycles. The first-order valence-electron chi connectivity index (χ1n) is 4.04. The normalized spacial score (nSPS) is 10.5. The third kappa shape index (κ3) is 1.52. The van der Waals surface area contributed by atoms with Crippen molar-refractivity contribution < 1.29 is 9.72 Å². The van der Waals surface area contributed by atoms with Gasteiger partial charge in [0.05, 0.1) is 15.1 Å². The van der Waals surface area contributed by atoms with Gasteiger partial charge in [-0.05, 0) is 22.0 Å². The van der Waals surface area contributed by atoms with Gasteiger partial charge in [-0.1, -0.05) is 0 Å². The van der Waals surface area contributed by atoms with E-state index in [9.17, 15) is 14.9 Å². The van der Waals surface area contributed by atoms with Crippen molar-refractivity contribution in [1.82, 2.24) is 4.98 Å². The molecule has 0 bridgehead atoms. The number of hydrogen-bond donors (Lipinski definition) is 1. The Morgan fingerprint density at radius 3 is 2.80 bits per heavy atom. The molecule has 0 radical (unpaired) electrons. The van der Waals surface area contributed by atoms with Crippen LogP contribution in [0.4, 0.5) is 5.69 Å². The Labute approximate surface area is 92.4 Å². The van der Waals surface area contributed by atoms with E-state index in [4.69, 9.17) is 0 Å². The fourth-order valence-corrected chi connectivity index (χ4v) is 1.92. The predicted molar refractivity (Wildman–Crippen MR) is 58.0 cm³/mol. The van der Waals surface area contributed by atoms with E-state index < -0.39 is 4.92 Å². The molecule has 6 heteroatoms. The molecular formula is C9H5BrN2O3. The number of non-ortho nitro benzene ring substituents is 1. The van der Waals surface area contributed by atoms with Gasteiger partial charge in [0, 0.05) is 23.0 Å². The van der Waals surface area contributed by atoms with Crippen LogP contribution >= 0.6 is 15.9 Å². The lowest BCUT2D eigenvalue weighted by Crippen LogP contribution is -1.87. The van der Waals surface area contributed by atoms with Gasteiger partial charge in [0.1, 0.15) is 0 Å². The van der Waals surface area contributed by atoms with E-state index in [1.807, 2.05) is 0 Å². The number of nitrogens with zero attached hydrogens (tertiary/aromatic N) is 1. The molecule has 0 spiro atoms. The Bertz CT molecular complexity index is 562. The number of nitro groups is 1. The quantitative estimate of drug-likeness (QED) is 0.517. The maximum absolute atomic E-state index is 10.8. The van der Waals surface area contributed by atoms with E-state index in [2.05, 4.69) is 20.9 Å². The Morgan fingerprint density at radius 1 is 1.47 bits per heavy atom. The molecule has 0 saturated carbocycles. The number of aromatic amines is 1. The largest absolute Gasteiger partial charge is 0.349 e. The first-order valence-corrected chi connectivity index (χ1v) is 4.83. The SMILES string of the molecule is O=Cc1c(Br)[nH]c2ccc([N+](=O)[O-])cc12. The van der Waals surface area contributed by atoms with E-state index in [-0.39, 0.29) is 5.69 Å². The lowest BCUT2D eigenvalue weighted by atomic mass is 10.2. The molecule has 2 rings (SSSR count). The highest BCUT2D eigenvalue weighted by molar-refractivity contribution is 9.10. The van der Waals surface area contributed by atoms with Crippen LogP contribution in [0.3, 0.4) is 0 Å². The average Bonchev–Trinajstić information content (AvgIpc) is 2.51. The van der Waals surface area contributed by atoms with Gasteiger partial charge in [0.15, 0.2) is 6.29 Å². The third-order valence-corrected chi connectivity index (χ3v) is 2.73. The van der Waals surface area contributed by atoms with Crippen LogP contribution in [0.5, 0.6) is 0 Å². The number of benzene rings is 1. The number of carbonyl (C=O) groups is 1. The lowest BCUT2D eigenvalue weighted by molar-refractivity contribution is -0.384. The van der Waals surface area contributed by atoms with Crippen molar-refractivity contribution in [2.75, 3.05) is 0 Å². The van der Waals surface area contributed by atoms with Gasteiger partial charge in [0.2, 0.25) is 0 Å². The second-order valence-electron chi connectivity index (χ2n) is 2.96. The van der Waals surface area contributed by atoms with E-state index in [0.29, 0.717) is 27.4 Å². The zero-order chi connectivity index (χ0) is 11.0. The van der Waals surface area contributed by atoms with E-state index in [1.165, 1.54) is 12.1 Å². The van der Waals surface area contributed by atoms with Crippen molar-refractivity contribution in [2.24, 2.45) is 0 Å². The van der Waals surface area contributed by atoms with Crippen LogP contribution in [0.25, 0.3) is 10.9 Å². The molecule has 15 heavy (non-hydrogen) atoms. The van der Waals surface area contributed by atoms with Crippen LogP contribution in [0.15, 0.2) is 22.8 Å². The minimum atomic E-state index is -0.491. The van der Waals surface area contributed by atoms with Crippen molar-refractivity contribution in [3.05, 3.63) is 38.5 Å². The predicted octanol–water partition coefficient (Wildman–Crippen LogP) is 2.65. The molecule has 1 N–H and O–H groups in total. The number of H-pyrrole nitrogens is 1. The van der Waals surface area contributed by atoms with Crippen LogP contribution < -0.4 is 0 Å². The number of fused-ring (bicyclic) bond motifs is 1. The number of aromatic nitrogens is 1. The number of halogens is 1. The molecule has 5 nitrogen and oxygen atoms in total. The molecule has 0 aliphatic rings. The molecule has 1 aromatic carbocycles. The molecule has 0 unspecified atom stereocenters. The van der Waals surface area contributed by atoms with Gasteiger partial charge in [-0.15, -0.1) is 0 Å². The Kier molecular flexibility index (Phi) is 2.28. The van der Waals surface area contributed by atoms with E-state index in [1.54, 1.807) is 6.07 Å². The van der Waals surface area contributed by atoms with Gasteiger partial charge < -0.3 is 4.98 Å². The summed E-state index contributed by atoms with van der Waals surface area (Å²) in [5.41, 5.74) is 1.06. The summed E-state index contributed by atoms with van der Waals surface area (Å²) in [4.78, 5) is 23.7. The van der Waals surface area contributed by atoms with Gasteiger partial charge in [0.25, 0.3) is 5.69 Å². The van der Waals surface area contributed by atoms with E-state index in [0.717, 1.165) is 0 Å². The van der Waals surface area contributed by atoms with Crippen LogP contribution in [-0.2, 0) is 0 Å². The van der Waals surface area contributed by atoms with Crippen LogP contribution in [0, 0.1) is 10.1 Å². The fourth-order valence-electron chi connectivity index (χ4n) is 1.40. The number of hydrogen-bond acceptors (Lipinski definition) is 3. The molecule has 0 aliphatic carbocycles. The van der Waals surface area contributed by atoms with Crippen LogP contribution in [-0.4, -0.2) is 16.2 Å². The topological polar surface area (TPSA) is 76.0 Å². The first-order chi connectivity index (χ1) is 7.13. The summed E-state index contributed by atoms with van der Waals surface area (Å²) in [7, 11) is 0. The maximum atomic E-state index is 10.8. The minimum Gasteiger partial charge on any atom is -0.349 e. The molecular weight excluding hydrogens is 264 g/mol. The van der Waals surface area contributed by atoms with Gasteiger partial charge in [-0.25, -0.2) is 0 Å². The van der Waals surface area contributed by atoms with Crippen LogP contribution in [0.2, 0.25) is 0 Å². The summed E-state index contributed by atoms with van der Waals surface area (Å²) in [6.07, 6.45) is 0.659. The standard InChI is InChI=1S/C9H5BrN2O3/c10-9-7(4-13)6-3-5(12(14)15)1-2-8(6)11-9/h1-4,11H. The monoisotopic (exact) mass is 268 g/mol. The second-order valence-corrected chi connectivity index (χ2v) is 3.75. The average molecular weight is 269 g/mol. The summed E-state index contributed by atoms with van der Waals surface area (Å²) in [6.45, 7) is 0. The van der Waals surface area contributed by atoms with Gasteiger partial charge >= 0.3 is 0 Å². The minimum absolute atomic E-state index is 0.0305. The molecule has 76 valence electrons. The Hall–Kier alpha value is -1.69.